The second-order valence-corrected chi connectivity index (χ2v) is 5.25. The molecular formula is C17H22FN. The first-order valence-corrected chi connectivity index (χ1v) is 7.15. The van der Waals surface area contributed by atoms with Crippen molar-refractivity contribution in [3.8, 4) is 0 Å². The number of hydrogen-bond donors (Lipinski definition) is 0. The lowest BCUT2D eigenvalue weighted by Crippen LogP contribution is -1.97. The van der Waals surface area contributed by atoms with Gasteiger partial charge in [0.05, 0.1) is 5.69 Å². The van der Waals surface area contributed by atoms with E-state index in [1.807, 2.05) is 13.0 Å². The Hall–Kier alpha value is -1.44. The summed E-state index contributed by atoms with van der Waals surface area (Å²) in [6, 6.07) is 3.37. The predicted octanol–water partition coefficient (Wildman–Crippen LogP) is 5.31. The zero-order valence-electron chi connectivity index (χ0n) is 11.9. The second kappa shape index (κ2) is 6.14. The van der Waals surface area contributed by atoms with Crippen LogP contribution in [0.1, 0.15) is 50.7 Å². The van der Waals surface area contributed by atoms with Gasteiger partial charge in [-0.2, -0.15) is 0 Å². The van der Waals surface area contributed by atoms with Crippen molar-refractivity contribution in [2.24, 2.45) is 10.9 Å². The molecule has 1 aromatic carbocycles. The van der Waals surface area contributed by atoms with Crippen molar-refractivity contribution >= 4 is 17.5 Å². The van der Waals surface area contributed by atoms with Crippen LogP contribution in [0.5, 0.6) is 0 Å². The average molecular weight is 259 g/mol. The molecule has 1 aliphatic carbocycles. The number of halogens is 1. The normalized spacial score (nSPS) is 15.1. The predicted molar refractivity (Wildman–Crippen MR) is 80.6 cm³/mol. The second-order valence-electron chi connectivity index (χ2n) is 5.25. The fourth-order valence-corrected chi connectivity index (χ4v) is 2.36. The standard InChI is InChI=1S/C17H22FN/c1-4-12(3)14-10-11-16(18)15(17(14)19-5-2)9-8-13-6-7-13/h5,10-11,13H,3-4,6-9H2,1-2H3. The van der Waals surface area contributed by atoms with Crippen LogP contribution < -0.4 is 0 Å². The van der Waals surface area contributed by atoms with E-state index in [0.29, 0.717) is 0 Å². The van der Waals surface area contributed by atoms with Gasteiger partial charge in [0.25, 0.3) is 0 Å². The van der Waals surface area contributed by atoms with Crippen LogP contribution in [0.15, 0.2) is 23.7 Å². The Kier molecular flexibility index (Phi) is 4.52. The van der Waals surface area contributed by atoms with Crippen LogP contribution in [0.3, 0.4) is 0 Å². The van der Waals surface area contributed by atoms with Gasteiger partial charge in [-0.1, -0.05) is 26.3 Å². The molecule has 0 bridgehead atoms. The molecule has 0 unspecified atom stereocenters. The molecule has 0 amide bonds. The molecule has 19 heavy (non-hydrogen) atoms. The monoisotopic (exact) mass is 259 g/mol. The van der Waals surface area contributed by atoms with E-state index >= 15 is 0 Å². The van der Waals surface area contributed by atoms with Crippen LogP contribution in [-0.2, 0) is 6.42 Å². The summed E-state index contributed by atoms with van der Waals surface area (Å²) in [6.45, 7) is 8.00. The van der Waals surface area contributed by atoms with Crippen molar-refractivity contribution in [3.63, 3.8) is 0 Å². The molecule has 0 aliphatic heterocycles. The molecule has 1 aromatic rings. The summed E-state index contributed by atoms with van der Waals surface area (Å²) in [5.41, 5.74) is 3.56. The topological polar surface area (TPSA) is 12.4 Å². The summed E-state index contributed by atoms with van der Waals surface area (Å²) in [6.07, 6.45) is 7.06. The Balaban J connectivity index is 2.38. The number of hydrogen-bond acceptors (Lipinski definition) is 1. The number of allylic oxidation sites excluding steroid dienone is 1. The molecule has 0 N–H and O–H groups in total. The van der Waals surface area contributed by atoms with Crippen molar-refractivity contribution in [2.75, 3.05) is 0 Å². The summed E-state index contributed by atoms with van der Waals surface area (Å²) in [7, 11) is 0. The number of aliphatic imine (C=N–C) groups is 1. The van der Waals surface area contributed by atoms with E-state index in [1.165, 1.54) is 12.8 Å². The molecular weight excluding hydrogens is 237 g/mol. The number of benzene rings is 1. The Labute approximate surface area is 115 Å². The maximum absolute atomic E-state index is 14.1. The van der Waals surface area contributed by atoms with Crippen LogP contribution in [-0.4, -0.2) is 6.21 Å². The van der Waals surface area contributed by atoms with Crippen molar-refractivity contribution < 1.29 is 4.39 Å². The lowest BCUT2D eigenvalue weighted by atomic mass is 9.96. The highest BCUT2D eigenvalue weighted by atomic mass is 19.1. The smallest absolute Gasteiger partial charge is 0.128 e. The fraction of sp³-hybridized carbons (Fsp3) is 0.471. The van der Waals surface area contributed by atoms with E-state index < -0.39 is 0 Å². The molecule has 102 valence electrons. The maximum Gasteiger partial charge on any atom is 0.128 e. The zero-order valence-corrected chi connectivity index (χ0v) is 11.9. The number of nitrogens with zero attached hydrogens (tertiary/aromatic N) is 1. The largest absolute Gasteiger partial charge is 0.261 e. The SMILES string of the molecule is C=C(CC)c1ccc(F)c(CCC2CC2)c1N=CC. The van der Waals surface area contributed by atoms with Gasteiger partial charge in [0.15, 0.2) is 0 Å². The first kappa shape index (κ1) is 14.0. The van der Waals surface area contributed by atoms with Gasteiger partial charge in [0.1, 0.15) is 5.82 Å². The van der Waals surface area contributed by atoms with Gasteiger partial charge in [-0.3, -0.25) is 4.99 Å². The van der Waals surface area contributed by atoms with E-state index in [1.54, 1.807) is 12.3 Å². The lowest BCUT2D eigenvalue weighted by Gasteiger charge is -2.13. The highest BCUT2D eigenvalue weighted by Gasteiger charge is 2.22. The number of rotatable bonds is 6. The van der Waals surface area contributed by atoms with Crippen molar-refractivity contribution in [2.45, 2.75) is 46.0 Å². The first-order valence-electron chi connectivity index (χ1n) is 7.15. The van der Waals surface area contributed by atoms with Crippen LogP contribution in [0, 0.1) is 11.7 Å². The van der Waals surface area contributed by atoms with Gasteiger partial charge in [-0.05, 0) is 49.8 Å². The van der Waals surface area contributed by atoms with Crippen molar-refractivity contribution in [3.05, 3.63) is 35.7 Å². The third kappa shape index (κ3) is 3.31. The van der Waals surface area contributed by atoms with E-state index in [2.05, 4.69) is 18.5 Å². The molecule has 0 spiro atoms. The molecule has 0 aromatic heterocycles. The van der Waals surface area contributed by atoms with Crippen molar-refractivity contribution in [1.29, 1.82) is 0 Å². The summed E-state index contributed by atoms with van der Waals surface area (Å²) in [5, 5.41) is 0. The molecule has 0 saturated heterocycles. The van der Waals surface area contributed by atoms with Gasteiger partial charge < -0.3 is 0 Å². The third-order valence-corrected chi connectivity index (χ3v) is 3.79. The van der Waals surface area contributed by atoms with Gasteiger partial charge >= 0.3 is 0 Å². The van der Waals surface area contributed by atoms with E-state index in [0.717, 1.165) is 47.6 Å². The molecule has 1 saturated carbocycles. The Morgan fingerprint density at radius 3 is 2.79 bits per heavy atom. The maximum atomic E-state index is 14.1. The van der Waals surface area contributed by atoms with E-state index in [-0.39, 0.29) is 5.82 Å². The summed E-state index contributed by atoms with van der Waals surface area (Å²) in [4.78, 5) is 4.41. The molecule has 0 heterocycles. The van der Waals surface area contributed by atoms with Gasteiger partial charge in [-0.15, -0.1) is 0 Å². The Morgan fingerprint density at radius 1 is 1.47 bits per heavy atom. The quantitative estimate of drug-likeness (QED) is 0.614. The minimum absolute atomic E-state index is 0.131. The lowest BCUT2D eigenvalue weighted by molar-refractivity contribution is 0.598. The third-order valence-electron chi connectivity index (χ3n) is 3.79. The van der Waals surface area contributed by atoms with Crippen LogP contribution in [0.4, 0.5) is 10.1 Å². The zero-order chi connectivity index (χ0) is 13.8. The first-order chi connectivity index (χ1) is 9.17. The van der Waals surface area contributed by atoms with Crippen LogP contribution in [0.2, 0.25) is 0 Å². The molecule has 1 aliphatic rings. The molecule has 0 atom stereocenters. The highest BCUT2D eigenvalue weighted by molar-refractivity contribution is 5.78. The summed E-state index contributed by atoms with van der Waals surface area (Å²) in [5.74, 6) is 0.671. The summed E-state index contributed by atoms with van der Waals surface area (Å²) >= 11 is 0. The van der Waals surface area contributed by atoms with Gasteiger partial charge in [0, 0.05) is 17.3 Å². The Morgan fingerprint density at radius 2 is 2.21 bits per heavy atom. The van der Waals surface area contributed by atoms with Crippen LogP contribution in [0.25, 0.3) is 5.57 Å². The van der Waals surface area contributed by atoms with Crippen molar-refractivity contribution in [1.82, 2.24) is 0 Å². The van der Waals surface area contributed by atoms with Gasteiger partial charge in [-0.25, -0.2) is 4.39 Å². The minimum Gasteiger partial charge on any atom is -0.261 e. The molecule has 2 rings (SSSR count). The molecule has 0 radical (unpaired) electrons. The molecule has 2 heteroatoms. The van der Waals surface area contributed by atoms with E-state index in [9.17, 15) is 4.39 Å². The minimum atomic E-state index is -0.131. The average Bonchev–Trinajstić information content (AvgIpc) is 3.22. The fourth-order valence-electron chi connectivity index (χ4n) is 2.36. The molecule has 1 nitrogen and oxygen atoms in total. The summed E-state index contributed by atoms with van der Waals surface area (Å²) < 4.78 is 14.1. The van der Waals surface area contributed by atoms with E-state index in [4.69, 9.17) is 0 Å². The Bertz CT molecular complexity index is 498. The molecule has 1 fully saturated rings. The highest BCUT2D eigenvalue weighted by Crippen LogP contribution is 2.38. The van der Waals surface area contributed by atoms with Gasteiger partial charge in [0.2, 0.25) is 0 Å². The van der Waals surface area contributed by atoms with Crippen LogP contribution >= 0.6 is 0 Å².